The Kier molecular flexibility index (Phi) is 1.97. The number of pyridine rings is 1. The van der Waals surface area contributed by atoms with E-state index in [1.165, 1.54) is 12.1 Å². The van der Waals surface area contributed by atoms with Crippen molar-refractivity contribution in [2.24, 2.45) is 0 Å². The second-order valence-corrected chi connectivity index (χ2v) is 2.12. The normalized spacial score (nSPS) is 8.92. The molecule has 4 heteroatoms. The zero-order valence-electron chi connectivity index (χ0n) is 6.11. The molecular weight excluding hydrogens is 156 g/mol. The van der Waals surface area contributed by atoms with Gasteiger partial charge in [-0.25, -0.2) is 9.78 Å². The van der Waals surface area contributed by atoms with Crippen molar-refractivity contribution in [2.75, 3.05) is 5.73 Å². The fraction of sp³-hybridized carbons (Fsp3) is 0. The van der Waals surface area contributed by atoms with Gasteiger partial charge in [0, 0.05) is 5.69 Å². The summed E-state index contributed by atoms with van der Waals surface area (Å²) in [5, 5.41) is 8.54. The summed E-state index contributed by atoms with van der Waals surface area (Å²) in [4.78, 5) is 14.1. The maximum atomic E-state index is 10.4. The molecular formula is C8H6N2O2. The van der Waals surface area contributed by atoms with E-state index in [2.05, 4.69) is 10.9 Å². The molecule has 0 radical (unpaired) electrons. The summed E-state index contributed by atoms with van der Waals surface area (Å²) in [6, 6.07) is 2.69. The maximum absolute atomic E-state index is 10.4. The highest BCUT2D eigenvalue weighted by atomic mass is 16.4. The van der Waals surface area contributed by atoms with E-state index in [0.29, 0.717) is 5.69 Å². The first-order valence-corrected chi connectivity index (χ1v) is 3.11. The molecule has 0 spiro atoms. The Morgan fingerprint density at radius 3 is 2.83 bits per heavy atom. The van der Waals surface area contributed by atoms with Crippen LogP contribution in [0.25, 0.3) is 0 Å². The average molecular weight is 162 g/mol. The maximum Gasteiger partial charge on any atom is 0.354 e. The Morgan fingerprint density at radius 1 is 1.67 bits per heavy atom. The highest BCUT2D eigenvalue weighted by molar-refractivity contribution is 5.86. The van der Waals surface area contributed by atoms with Crippen LogP contribution in [0.4, 0.5) is 5.69 Å². The quantitative estimate of drug-likeness (QED) is 0.584. The van der Waals surface area contributed by atoms with E-state index in [9.17, 15) is 4.79 Å². The van der Waals surface area contributed by atoms with Gasteiger partial charge in [-0.2, -0.15) is 0 Å². The Balaban J connectivity index is 3.26. The van der Waals surface area contributed by atoms with E-state index in [1.54, 1.807) is 0 Å². The molecule has 60 valence electrons. The van der Waals surface area contributed by atoms with Gasteiger partial charge in [0.05, 0.1) is 0 Å². The fourth-order valence-corrected chi connectivity index (χ4v) is 0.735. The molecule has 0 saturated heterocycles. The Morgan fingerprint density at radius 2 is 2.33 bits per heavy atom. The van der Waals surface area contributed by atoms with E-state index in [4.69, 9.17) is 17.3 Å². The first kappa shape index (κ1) is 8.08. The van der Waals surface area contributed by atoms with Crippen molar-refractivity contribution in [3.05, 3.63) is 23.5 Å². The van der Waals surface area contributed by atoms with E-state index in [0.717, 1.165) is 0 Å². The molecule has 0 aromatic carbocycles. The minimum atomic E-state index is -1.14. The van der Waals surface area contributed by atoms with Gasteiger partial charge in [0.15, 0.2) is 5.69 Å². The number of hydrogen-bond acceptors (Lipinski definition) is 3. The van der Waals surface area contributed by atoms with Crippen LogP contribution in [-0.4, -0.2) is 16.1 Å². The van der Waals surface area contributed by atoms with E-state index >= 15 is 0 Å². The Labute approximate surface area is 69.0 Å². The number of rotatable bonds is 1. The highest BCUT2D eigenvalue weighted by Gasteiger charge is 2.05. The molecule has 0 saturated carbocycles. The van der Waals surface area contributed by atoms with Gasteiger partial charge in [0.2, 0.25) is 0 Å². The number of hydrogen-bond donors (Lipinski definition) is 2. The minimum absolute atomic E-state index is 0.136. The van der Waals surface area contributed by atoms with Crippen LogP contribution in [-0.2, 0) is 0 Å². The zero-order valence-corrected chi connectivity index (χ0v) is 6.11. The first-order valence-electron chi connectivity index (χ1n) is 3.11. The lowest BCUT2D eigenvalue weighted by molar-refractivity contribution is 0.0690. The monoisotopic (exact) mass is 162 g/mol. The topological polar surface area (TPSA) is 76.2 Å². The molecule has 0 aliphatic carbocycles. The van der Waals surface area contributed by atoms with Crippen molar-refractivity contribution in [3.8, 4) is 12.3 Å². The SMILES string of the molecule is C#Cc1cc(N)cc(C(=O)O)n1. The van der Waals surface area contributed by atoms with Crippen LogP contribution in [0, 0.1) is 12.3 Å². The molecule has 0 bridgehead atoms. The van der Waals surface area contributed by atoms with Gasteiger partial charge < -0.3 is 10.8 Å². The predicted molar refractivity (Wildman–Crippen MR) is 43.5 cm³/mol. The lowest BCUT2D eigenvalue weighted by atomic mass is 10.2. The summed E-state index contributed by atoms with van der Waals surface area (Å²) < 4.78 is 0. The fourth-order valence-electron chi connectivity index (χ4n) is 0.735. The Hall–Kier alpha value is -2.02. The van der Waals surface area contributed by atoms with Crippen molar-refractivity contribution in [1.29, 1.82) is 0 Å². The number of aromatic nitrogens is 1. The third-order valence-corrected chi connectivity index (χ3v) is 1.21. The van der Waals surface area contributed by atoms with Gasteiger partial charge in [0.25, 0.3) is 0 Å². The van der Waals surface area contributed by atoms with Crippen molar-refractivity contribution in [3.63, 3.8) is 0 Å². The molecule has 1 aromatic rings. The van der Waals surface area contributed by atoms with Gasteiger partial charge in [0.1, 0.15) is 5.69 Å². The summed E-state index contributed by atoms with van der Waals surface area (Å²) >= 11 is 0. The third kappa shape index (κ3) is 1.52. The molecule has 0 atom stereocenters. The molecule has 0 aliphatic rings. The smallest absolute Gasteiger partial charge is 0.354 e. The summed E-state index contributed by atoms with van der Waals surface area (Å²) in [5.74, 6) is 1.07. The van der Waals surface area contributed by atoms with Crippen molar-refractivity contribution in [1.82, 2.24) is 4.98 Å². The standard InChI is InChI=1S/C8H6N2O2/c1-2-6-3-5(9)4-7(10-6)8(11)12/h1,3-4H,(H2,9,10)(H,11,12). The number of aromatic carboxylic acids is 1. The van der Waals surface area contributed by atoms with Crippen LogP contribution >= 0.6 is 0 Å². The molecule has 0 fully saturated rings. The van der Waals surface area contributed by atoms with Crippen molar-refractivity contribution in [2.45, 2.75) is 0 Å². The first-order chi connectivity index (χ1) is 5.63. The molecule has 12 heavy (non-hydrogen) atoms. The van der Waals surface area contributed by atoms with Crippen LogP contribution in [0.15, 0.2) is 12.1 Å². The van der Waals surface area contributed by atoms with Gasteiger partial charge >= 0.3 is 5.97 Å². The second-order valence-electron chi connectivity index (χ2n) is 2.12. The number of carboxylic acids is 1. The largest absolute Gasteiger partial charge is 0.477 e. The summed E-state index contributed by atoms with van der Waals surface area (Å²) in [6.45, 7) is 0. The molecule has 0 aliphatic heterocycles. The summed E-state index contributed by atoms with van der Waals surface area (Å²) in [6.07, 6.45) is 5.03. The highest BCUT2D eigenvalue weighted by Crippen LogP contribution is 2.06. The molecule has 1 heterocycles. The lowest BCUT2D eigenvalue weighted by Gasteiger charge is -1.97. The second kappa shape index (κ2) is 2.93. The number of carbonyl (C=O) groups is 1. The molecule has 1 rings (SSSR count). The Bertz CT molecular complexity index is 366. The van der Waals surface area contributed by atoms with Crippen LogP contribution in [0.3, 0.4) is 0 Å². The molecule has 3 N–H and O–H groups in total. The van der Waals surface area contributed by atoms with Gasteiger partial charge in [-0.1, -0.05) is 5.92 Å². The number of anilines is 1. The van der Waals surface area contributed by atoms with Crippen LogP contribution < -0.4 is 5.73 Å². The van der Waals surface area contributed by atoms with Crippen molar-refractivity contribution >= 4 is 11.7 Å². The van der Waals surface area contributed by atoms with Gasteiger partial charge in [-0.05, 0) is 12.1 Å². The van der Waals surface area contributed by atoms with E-state index < -0.39 is 5.97 Å². The number of nitrogen functional groups attached to an aromatic ring is 1. The van der Waals surface area contributed by atoms with E-state index in [-0.39, 0.29) is 11.4 Å². The average Bonchev–Trinajstić information content (AvgIpc) is 2.03. The number of terminal acetylenes is 1. The van der Waals surface area contributed by atoms with Crippen LogP contribution in [0.5, 0.6) is 0 Å². The third-order valence-electron chi connectivity index (χ3n) is 1.21. The van der Waals surface area contributed by atoms with Gasteiger partial charge in [-0.15, -0.1) is 6.42 Å². The zero-order chi connectivity index (χ0) is 9.14. The number of nitrogens with two attached hydrogens (primary N) is 1. The van der Waals surface area contributed by atoms with Crippen LogP contribution in [0.1, 0.15) is 16.2 Å². The molecule has 1 aromatic heterocycles. The molecule has 4 nitrogen and oxygen atoms in total. The molecule has 0 unspecified atom stereocenters. The summed E-state index contributed by atoms with van der Waals surface area (Å²) in [7, 11) is 0. The summed E-state index contributed by atoms with van der Waals surface area (Å²) in [5.41, 5.74) is 5.77. The number of nitrogens with zero attached hydrogens (tertiary/aromatic N) is 1. The van der Waals surface area contributed by atoms with Crippen LogP contribution in [0.2, 0.25) is 0 Å². The lowest BCUT2D eigenvalue weighted by Crippen LogP contribution is -2.03. The predicted octanol–water partition coefficient (Wildman–Crippen LogP) is 0.343. The van der Waals surface area contributed by atoms with E-state index in [1.807, 2.05) is 0 Å². The van der Waals surface area contributed by atoms with Gasteiger partial charge in [-0.3, -0.25) is 0 Å². The molecule has 0 amide bonds. The van der Waals surface area contributed by atoms with Crippen molar-refractivity contribution < 1.29 is 9.90 Å². The minimum Gasteiger partial charge on any atom is -0.477 e. The number of carboxylic acid groups (broad SMARTS) is 1.